The molecule has 0 radical (unpaired) electrons. The monoisotopic (exact) mass is 489 g/mol. The lowest BCUT2D eigenvalue weighted by atomic mass is 9.93. The van der Waals surface area contributed by atoms with Gasteiger partial charge < -0.3 is 20.9 Å². The molecule has 0 unspecified atom stereocenters. The lowest BCUT2D eigenvalue weighted by Crippen LogP contribution is -2.41. The highest BCUT2D eigenvalue weighted by molar-refractivity contribution is 6.04. The average Bonchev–Trinajstić information content (AvgIpc) is 3.23. The molecule has 1 aliphatic rings. The number of nitrogens with one attached hydrogen (secondary N) is 1. The SMILES string of the molecule is C=CCN(C(=O)c1ccc2c(c1)nc(NC(=O)c1cccnc1)n2C[C@H](N)C(N)=O)C1CCCCC1. The van der Waals surface area contributed by atoms with Crippen molar-refractivity contribution in [1.29, 1.82) is 0 Å². The number of carbonyl (C=O) groups is 3. The van der Waals surface area contributed by atoms with Gasteiger partial charge in [0.05, 0.1) is 23.1 Å². The molecular formula is C26H31N7O3. The fraction of sp³-hybridized carbons (Fsp3) is 0.346. The van der Waals surface area contributed by atoms with E-state index in [4.69, 9.17) is 11.5 Å². The first-order valence-electron chi connectivity index (χ1n) is 12.1. The van der Waals surface area contributed by atoms with Crippen LogP contribution in [0.4, 0.5) is 5.95 Å². The summed E-state index contributed by atoms with van der Waals surface area (Å²) in [6, 6.07) is 7.64. The Morgan fingerprint density at radius 3 is 2.64 bits per heavy atom. The van der Waals surface area contributed by atoms with Crippen LogP contribution in [-0.2, 0) is 11.3 Å². The van der Waals surface area contributed by atoms with Crippen LogP contribution in [0, 0.1) is 0 Å². The molecule has 10 nitrogen and oxygen atoms in total. The molecule has 2 aromatic heterocycles. The molecule has 1 fully saturated rings. The van der Waals surface area contributed by atoms with E-state index in [1.807, 2.05) is 4.90 Å². The molecule has 10 heteroatoms. The normalized spacial score (nSPS) is 14.8. The van der Waals surface area contributed by atoms with Gasteiger partial charge >= 0.3 is 0 Å². The molecule has 4 rings (SSSR count). The summed E-state index contributed by atoms with van der Waals surface area (Å²) >= 11 is 0. The number of nitrogens with two attached hydrogens (primary N) is 2. The van der Waals surface area contributed by atoms with Gasteiger partial charge in [-0.2, -0.15) is 0 Å². The van der Waals surface area contributed by atoms with E-state index in [0.29, 0.717) is 28.7 Å². The number of rotatable bonds is 9. The fourth-order valence-electron chi connectivity index (χ4n) is 4.60. The number of fused-ring (bicyclic) bond motifs is 1. The number of amides is 3. The first-order chi connectivity index (χ1) is 17.4. The maximum Gasteiger partial charge on any atom is 0.259 e. The molecule has 1 atom stereocenters. The molecule has 2 heterocycles. The van der Waals surface area contributed by atoms with Crippen LogP contribution in [-0.4, -0.2) is 55.8 Å². The second-order valence-electron chi connectivity index (χ2n) is 8.99. The summed E-state index contributed by atoms with van der Waals surface area (Å²) in [5.41, 5.74) is 13.2. The van der Waals surface area contributed by atoms with Crippen LogP contribution in [0.2, 0.25) is 0 Å². The van der Waals surface area contributed by atoms with Crippen molar-refractivity contribution in [3.63, 3.8) is 0 Å². The topological polar surface area (TPSA) is 149 Å². The smallest absolute Gasteiger partial charge is 0.259 e. The van der Waals surface area contributed by atoms with Gasteiger partial charge in [-0.3, -0.25) is 24.7 Å². The van der Waals surface area contributed by atoms with Gasteiger partial charge in [0.1, 0.15) is 6.04 Å². The number of primary amides is 1. The van der Waals surface area contributed by atoms with E-state index in [2.05, 4.69) is 21.9 Å². The molecule has 0 spiro atoms. The predicted molar refractivity (Wildman–Crippen MR) is 137 cm³/mol. The van der Waals surface area contributed by atoms with Gasteiger partial charge in [-0.25, -0.2) is 4.98 Å². The zero-order chi connectivity index (χ0) is 25.7. The Bertz CT molecular complexity index is 1270. The Hall–Kier alpha value is -4.05. The molecule has 36 heavy (non-hydrogen) atoms. The molecule has 3 amide bonds. The molecule has 1 aromatic carbocycles. The number of benzene rings is 1. The standard InChI is InChI=1S/C26H31N7O3/c1-2-13-32(19-8-4-3-5-9-19)25(36)17-10-11-22-21(14-17)30-26(33(22)16-20(27)23(28)34)31-24(35)18-7-6-12-29-15-18/h2,6-7,10-12,14-15,19-20H,1,3-5,8-9,13,16,27H2,(H2,28,34)(H,30,31,35)/t20-/m0/s1. The molecular weight excluding hydrogens is 458 g/mol. The minimum absolute atomic E-state index is 0.00639. The molecule has 0 aliphatic heterocycles. The zero-order valence-corrected chi connectivity index (χ0v) is 20.1. The Morgan fingerprint density at radius 1 is 1.19 bits per heavy atom. The Morgan fingerprint density at radius 2 is 1.97 bits per heavy atom. The third-order valence-electron chi connectivity index (χ3n) is 6.49. The van der Waals surface area contributed by atoms with E-state index in [-0.39, 0.29) is 24.4 Å². The first-order valence-corrected chi connectivity index (χ1v) is 12.1. The quantitative estimate of drug-likeness (QED) is 0.393. The van der Waals surface area contributed by atoms with Crippen LogP contribution in [0.3, 0.4) is 0 Å². The maximum atomic E-state index is 13.5. The molecule has 3 aromatic rings. The molecule has 188 valence electrons. The van der Waals surface area contributed by atoms with E-state index in [0.717, 1.165) is 25.7 Å². The second kappa shape index (κ2) is 11.1. The average molecular weight is 490 g/mol. The number of aromatic nitrogens is 3. The van der Waals surface area contributed by atoms with E-state index < -0.39 is 17.9 Å². The van der Waals surface area contributed by atoms with Crippen molar-refractivity contribution in [1.82, 2.24) is 19.4 Å². The molecule has 0 bridgehead atoms. The Kier molecular flexibility index (Phi) is 7.74. The number of pyridine rings is 1. The Labute approximate surface area is 209 Å². The number of hydrogen-bond donors (Lipinski definition) is 3. The summed E-state index contributed by atoms with van der Waals surface area (Å²) in [5.74, 6) is -0.998. The largest absolute Gasteiger partial charge is 0.368 e. The molecule has 1 saturated carbocycles. The number of imidazole rings is 1. The van der Waals surface area contributed by atoms with Crippen molar-refractivity contribution >= 4 is 34.7 Å². The van der Waals surface area contributed by atoms with E-state index in [1.54, 1.807) is 47.2 Å². The highest BCUT2D eigenvalue weighted by Crippen LogP contribution is 2.26. The van der Waals surface area contributed by atoms with Crippen LogP contribution in [0.1, 0.15) is 52.8 Å². The zero-order valence-electron chi connectivity index (χ0n) is 20.1. The van der Waals surface area contributed by atoms with Crippen LogP contribution in [0.5, 0.6) is 0 Å². The summed E-state index contributed by atoms with van der Waals surface area (Å²) < 4.78 is 1.62. The third-order valence-corrected chi connectivity index (χ3v) is 6.49. The predicted octanol–water partition coefficient (Wildman–Crippen LogP) is 2.46. The van der Waals surface area contributed by atoms with Crippen LogP contribution >= 0.6 is 0 Å². The third kappa shape index (κ3) is 5.44. The number of anilines is 1. The first kappa shape index (κ1) is 25.1. The molecule has 1 aliphatic carbocycles. The van der Waals surface area contributed by atoms with Crippen molar-refractivity contribution in [2.45, 2.75) is 50.7 Å². The lowest BCUT2D eigenvalue weighted by molar-refractivity contribution is -0.119. The minimum Gasteiger partial charge on any atom is -0.368 e. The molecule has 5 N–H and O–H groups in total. The van der Waals surface area contributed by atoms with Crippen molar-refractivity contribution in [3.05, 3.63) is 66.5 Å². The van der Waals surface area contributed by atoms with Gasteiger partial charge in [0, 0.05) is 30.5 Å². The maximum absolute atomic E-state index is 13.5. The minimum atomic E-state index is -0.993. The van der Waals surface area contributed by atoms with Crippen LogP contribution in [0.15, 0.2) is 55.4 Å². The van der Waals surface area contributed by atoms with Crippen molar-refractivity contribution in [2.24, 2.45) is 11.5 Å². The molecule has 0 saturated heterocycles. The summed E-state index contributed by atoms with van der Waals surface area (Å²) in [7, 11) is 0. The van der Waals surface area contributed by atoms with Gasteiger partial charge in [-0.1, -0.05) is 25.3 Å². The lowest BCUT2D eigenvalue weighted by Gasteiger charge is -2.33. The highest BCUT2D eigenvalue weighted by Gasteiger charge is 2.26. The van der Waals surface area contributed by atoms with E-state index >= 15 is 0 Å². The summed E-state index contributed by atoms with van der Waals surface area (Å²) in [6.07, 6.45) is 10.1. The van der Waals surface area contributed by atoms with Crippen LogP contribution in [0.25, 0.3) is 11.0 Å². The summed E-state index contributed by atoms with van der Waals surface area (Å²) in [6.45, 7) is 4.30. The Balaban J connectivity index is 1.69. The van der Waals surface area contributed by atoms with Crippen LogP contribution < -0.4 is 16.8 Å². The van der Waals surface area contributed by atoms with Crippen molar-refractivity contribution < 1.29 is 14.4 Å². The fourth-order valence-corrected chi connectivity index (χ4v) is 4.60. The van der Waals surface area contributed by atoms with Crippen molar-refractivity contribution in [2.75, 3.05) is 11.9 Å². The number of carbonyl (C=O) groups excluding carboxylic acids is 3. The van der Waals surface area contributed by atoms with Gasteiger partial charge in [0.15, 0.2) is 0 Å². The summed E-state index contributed by atoms with van der Waals surface area (Å²) in [5, 5.41) is 2.76. The van der Waals surface area contributed by atoms with E-state index in [1.165, 1.54) is 12.6 Å². The van der Waals surface area contributed by atoms with Gasteiger partial charge in [-0.05, 0) is 43.2 Å². The highest BCUT2D eigenvalue weighted by atomic mass is 16.2. The summed E-state index contributed by atoms with van der Waals surface area (Å²) in [4.78, 5) is 48.3. The van der Waals surface area contributed by atoms with E-state index in [9.17, 15) is 14.4 Å². The number of hydrogen-bond acceptors (Lipinski definition) is 6. The van der Waals surface area contributed by atoms with Crippen molar-refractivity contribution in [3.8, 4) is 0 Å². The number of nitrogens with zero attached hydrogens (tertiary/aromatic N) is 4. The van der Waals surface area contributed by atoms with Gasteiger partial charge in [0.2, 0.25) is 11.9 Å². The van der Waals surface area contributed by atoms with Gasteiger partial charge in [-0.15, -0.1) is 6.58 Å². The second-order valence-corrected chi connectivity index (χ2v) is 8.99. The van der Waals surface area contributed by atoms with Gasteiger partial charge in [0.25, 0.3) is 11.8 Å².